The smallest absolute Gasteiger partial charge is 0.0636 e. The maximum absolute atomic E-state index is 2.72. The van der Waals surface area contributed by atoms with E-state index in [9.17, 15) is 0 Å². The van der Waals surface area contributed by atoms with Crippen molar-refractivity contribution in [1.29, 1.82) is 0 Å². The zero-order valence-electron chi connectivity index (χ0n) is 21.9. The summed E-state index contributed by atoms with van der Waals surface area (Å²) in [6.07, 6.45) is 0. The van der Waals surface area contributed by atoms with Gasteiger partial charge in [-0.1, -0.05) is 94.4 Å². The van der Waals surface area contributed by atoms with E-state index in [1.54, 1.807) is 0 Å². The first-order valence-electron chi connectivity index (χ1n) is 13.4. The summed E-state index contributed by atoms with van der Waals surface area (Å²) in [5, 5.41) is 5.54. The minimum atomic E-state index is -0.132. The zero-order chi connectivity index (χ0) is 25.0. The van der Waals surface area contributed by atoms with E-state index in [2.05, 4.69) is 123 Å². The molecule has 2 heteroatoms. The third kappa shape index (κ3) is 1.96. The molecule has 9 rings (SSSR count). The predicted molar refractivity (Wildman–Crippen MR) is 155 cm³/mol. The van der Waals surface area contributed by atoms with Crippen LogP contribution < -0.4 is 0 Å². The van der Waals surface area contributed by atoms with Gasteiger partial charge in [0.1, 0.15) is 0 Å². The summed E-state index contributed by atoms with van der Waals surface area (Å²) < 4.78 is 5.12. The van der Waals surface area contributed by atoms with Crippen LogP contribution in [0.5, 0.6) is 0 Å². The van der Waals surface area contributed by atoms with Crippen molar-refractivity contribution < 1.29 is 0 Å². The van der Waals surface area contributed by atoms with Crippen molar-refractivity contribution in [2.24, 2.45) is 7.05 Å². The fourth-order valence-electron chi connectivity index (χ4n) is 8.25. The van der Waals surface area contributed by atoms with E-state index in [4.69, 9.17) is 0 Å². The van der Waals surface area contributed by atoms with Crippen LogP contribution in [-0.2, 0) is 17.9 Å². The average Bonchev–Trinajstić information content (AvgIpc) is 3.50. The maximum atomic E-state index is 2.72. The second-order valence-electron chi connectivity index (χ2n) is 12.2. The van der Waals surface area contributed by atoms with Gasteiger partial charge < -0.3 is 8.97 Å². The summed E-state index contributed by atoms with van der Waals surface area (Å²) in [6.45, 7) is 9.70. The predicted octanol–water partition coefficient (Wildman–Crippen LogP) is 8.79. The first kappa shape index (κ1) is 20.1. The Morgan fingerprint density at radius 3 is 1.76 bits per heavy atom. The molecule has 0 N–H and O–H groups in total. The Labute approximate surface area is 216 Å². The SMILES string of the molecule is Cn1c2cccc3c4c(n5c6c(c7ccc1c(c32)c75)-c1ccccc1C6(C)C)C(C)(C)c1ccccc1-4. The van der Waals surface area contributed by atoms with Gasteiger partial charge in [0.05, 0.1) is 11.0 Å². The molecule has 0 atom stereocenters. The summed E-state index contributed by atoms with van der Waals surface area (Å²) in [5.74, 6) is 0. The van der Waals surface area contributed by atoms with Crippen molar-refractivity contribution in [3.63, 3.8) is 0 Å². The first-order valence-corrected chi connectivity index (χ1v) is 13.4. The van der Waals surface area contributed by atoms with Crippen molar-refractivity contribution in [2.75, 3.05) is 0 Å². The molecule has 0 amide bonds. The minimum Gasteiger partial charge on any atom is -0.344 e. The second-order valence-corrected chi connectivity index (χ2v) is 12.2. The third-order valence-corrected chi connectivity index (χ3v) is 9.78. The van der Waals surface area contributed by atoms with Gasteiger partial charge in [0.25, 0.3) is 0 Å². The lowest BCUT2D eigenvalue weighted by molar-refractivity contribution is 0.586. The van der Waals surface area contributed by atoms with Crippen molar-refractivity contribution in [1.82, 2.24) is 8.97 Å². The number of fused-ring (bicyclic) bond motifs is 10. The quantitative estimate of drug-likeness (QED) is 0.207. The minimum absolute atomic E-state index is 0.106. The van der Waals surface area contributed by atoms with Gasteiger partial charge in [-0.2, -0.15) is 0 Å². The van der Waals surface area contributed by atoms with Gasteiger partial charge in [0, 0.05) is 62.1 Å². The summed E-state index contributed by atoms with van der Waals surface area (Å²) in [6, 6.07) is 29.8. The van der Waals surface area contributed by atoms with Crippen LogP contribution in [0.25, 0.3) is 60.3 Å². The molecule has 2 nitrogen and oxygen atoms in total. The summed E-state index contributed by atoms with van der Waals surface area (Å²) in [7, 11) is 2.23. The number of aromatic nitrogens is 2. The van der Waals surface area contributed by atoms with E-state index in [-0.39, 0.29) is 10.8 Å². The van der Waals surface area contributed by atoms with Gasteiger partial charge in [-0.25, -0.2) is 0 Å². The molecule has 2 aliphatic carbocycles. The molecule has 0 saturated carbocycles. The fraction of sp³-hybridized carbons (Fsp3) is 0.200. The fourth-order valence-corrected chi connectivity index (χ4v) is 8.25. The van der Waals surface area contributed by atoms with Crippen LogP contribution in [0.15, 0.2) is 78.9 Å². The van der Waals surface area contributed by atoms with Crippen LogP contribution in [0.2, 0.25) is 0 Å². The van der Waals surface area contributed by atoms with Gasteiger partial charge in [0.15, 0.2) is 0 Å². The molecule has 0 aliphatic heterocycles. The number of benzene rings is 4. The molecule has 37 heavy (non-hydrogen) atoms. The van der Waals surface area contributed by atoms with E-state index < -0.39 is 0 Å². The van der Waals surface area contributed by atoms with Gasteiger partial charge in [-0.3, -0.25) is 0 Å². The average molecular weight is 477 g/mol. The van der Waals surface area contributed by atoms with E-state index in [1.165, 1.54) is 82.9 Å². The lowest BCUT2D eigenvalue weighted by Crippen LogP contribution is -2.23. The Bertz CT molecular complexity index is 2140. The molecule has 0 spiro atoms. The zero-order valence-corrected chi connectivity index (χ0v) is 21.9. The maximum Gasteiger partial charge on any atom is 0.0636 e. The van der Waals surface area contributed by atoms with Gasteiger partial charge >= 0.3 is 0 Å². The molecule has 0 radical (unpaired) electrons. The van der Waals surface area contributed by atoms with Crippen molar-refractivity contribution >= 4 is 38.1 Å². The van der Waals surface area contributed by atoms with Crippen LogP contribution in [0, 0.1) is 0 Å². The number of aryl methyl sites for hydroxylation is 1. The highest BCUT2D eigenvalue weighted by Crippen LogP contribution is 2.59. The Hall–Kier alpha value is -4.04. The Kier molecular flexibility index (Phi) is 3.21. The lowest BCUT2D eigenvalue weighted by Gasteiger charge is -2.27. The Morgan fingerprint density at radius 2 is 1.11 bits per heavy atom. The third-order valence-electron chi connectivity index (χ3n) is 9.78. The van der Waals surface area contributed by atoms with Gasteiger partial charge in [-0.15, -0.1) is 0 Å². The van der Waals surface area contributed by atoms with E-state index in [0.717, 1.165) is 0 Å². The summed E-state index contributed by atoms with van der Waals surface area (Å²) in [4.78, 5) is 0. The molecule has 178 valence electrons. The number of rotatable bonds is 0. The number of hydrogen-bond donors (Lipinski definition) is 0. The van der Waals surface area contributed by atoms with E-state index in [0.29, 0.717) is 0 Å². The van der Waals surface area contributed by atoms with Crippen LogP contribution in [0.3, 0.4) is 0 Å². The molecule has 0 unspecified atom stereocenters. The molecule has 2 aliphatic rings. The molecule has 3 aromatic heterocycles. The van der Waals surface area contributed by atoms with E-state index >= 15 is 0 Å². The van der Waals surface area contributed by atoms with Crippen LogP contribution >= 0.6 is 0 Å². The molecule has 0 bridgehead atoms. The highest BCUT2D eigenvalue weighted by atomic mass is 15.0. The topological polar surface area (TPSA) is 9.34 Å². The monoisotopic (exact) mass is 476 g/mol. The summed E-state index contributed by atoms with van der Waals surface area (Å²) >= 11 is 0. The van der Waals surface area contributed by atoms with Crippen molar-refractivity contribution in [2.45, 2.75) is 38.5 Å². The molecule has 4 aromatic carbocycles. The largest absolute Gasteiger partial charge is 0.344 e. The van der Waals surface area contributed by atoms with E-state index in [1.807, 2.05) is 0 Å². The summed E-state index contributed by atoms with van der Waals surface area (Å²) in [5.41, 5.74) is 15.1. The molecule has 0 fully saturated rings. The number of hydrogen-bond acceptors (Lipinski definition) is 0. The van der Waals surface area contributed by atoms with Crippen molar-refractivity contribution in [3.8, 4) is 22.3 Å². The molecule has 7 aromatic rings. The lowest BCUT2D eigenvalue weighted by atomic mass is 9.83. The highest BCUT2D eigenvalue weighted by molar-refractivity contribution is 6.29. The molecule has 0 saturated heterocycles. The van der Waals surface area contributed by atoms with Gasteiger partial charge in [-0.05, 0) is 39.8 Å². The van der Waals surface area contributed by atoms with Crippen molar-refractivity contribution in [3.05, 3.63) is 101 Å². The van der Waals surface area contributed by atoms with Crippen LogP contribution in [-0.4, -0.2) is 8.97 Å². The molecular weight excluding hydrogens is 448 g/mol. The van der Waals surface area contributed by atoms with Gasteiger partial charge in [0.2, 0.25) is 0 Å². The Balaban J connectivity index is 1.70. The molecule has 3 heterocycles. The second kappa shape index (κ2) is 5.92. The first-order chi connectivity index (χ1) is 17.8. The normalized spacial score (nSPS) is 16.7. The van der Waals surface area contributed by atoms with Crippen LogP contribution in [0.4, 0.5) is 0 Å². The highest BCUT2D eigenvalue weighted by Gasteiger charge is 2.45. The van der Waals surface area contributed by atoms with Crippen LogP contribution in [0.1, 0.15) is 50.2 Å². The molecular formula is C35H28N2. The Morgan fingerprint density at radius 1 is 0.541 bits per heavy atom. The number of nitrogens with zero attached hydrogens (tertiary/aromatic N) is 2. The standard InChI is InChI=1S/C35H28N2/c1-34(2)23-14-8-6-11-19(23)27-21-13-10-16-25-29(21)30-26(36(25)5)18-17-22-28-20-12-7-9-15-24(20)35(3,4)33(28)37(31(22)30)32(27)34/h6-18H,1-5H3.